The van der Waals surface area contributed by atoms with Gasteiger partial charge in [-0.05, 0) is 50.6 Å². The molecule has 2 amide bonds. The number of carbonyl (C=O) groups excluding carboxylic acids is 2. The molecule has 2 saturated heterocycles. The maximum absolute atomic E-state index is 14.3. The van der Waals surface area contributed by atoms with Crippen molar-refractivity contribution >= 4 is 11.8 Å². The minimum absolute atomic E-state index is 0.0455. The van der Waals surface area contributed by atoms with E-state index >= 15 is 0 Å². The fourth-order valence-corrected chi connectivity index (χ4v) is 4.51. The molecular weight excluding hydrogens is 373 g/mol. The summed E-state index contributed by atoms with van der Waals surface area (Å²) < 4.78 is 19.5. The number of benzene rings is 1. The van der Waals surface area contributed by atoms with E-state index in [-0.39, 0.29) is 24.2 Å². The van der Waals surface area contributed by atoms with Crippen LogP contribution < -0.4 is 4.74 Å². The van der Waals surface area contributed by atoms with Crippen LogP contribution in [0, 0.1) is 11.2 Å². The summed E-state index contributed by atoms with van der Waals surface area (Å²) >= 11 is 0. The third-order valence-corrected chi connectivity index (χ3v) is 6.40. The van der Waals surface area contributed by atoms with E-state index in [1.165, 1.54) is 6.07 Å². The number of carbonyl (C=O) groups is 2. The molecule has 2 aliphatic rings. The first-order valence-electron chi connectivity index (χ1n) is 10.5. The second kappa shape index (κ2) is 9.11. The van der Waals surface area contributed by atoms with Gasteiger partial charge in [0.25, 0.3) is 0 Å². The van der Waals surface area contributed by atoms with E-state index in [4.69, 9.17) is 4.74 Å². The lowest BCUT2D eigenvalue weighted by Gasteiger charge is -2.39. The first kappa shape index (κ1) is 21.6. The fourth-order valence-electron chi connectivity index (χ4n) is 4.51. The first-order valence-corrected chi connectivity index (χ1v) is 10.5. The molecular formula is C22H32FN3O3. The number of nitrogens with zero attached hydrogens (tertiary/aromatic N) is 3. The van der Waals surface area contributed by atoms with Crippen molar-refractivity contribution in [3.8, 4) is 5.75 Å². The largest absolute Gasteiger partial charge is 0.497 e. The Morgan fingerprint density at radius 2 is 2.00 bits per heavy atom. The molecule has 0 radical (unpaired) electrons. The molecule has 160 valence electrons. The zero-order valence-corrected chi connectivity index (χ0v) is 17.7. The van der Waals surface area contributed by atoms with Crippen LogP contribution >= 0.6 is 0 Å². The zero-order chi connectivity index (χ0) is 21.0. The van der Waals surface area contributed by atoms with E-state index in [9.17, 15) is 14.0 Å². The van der Waals surface area contributed by atoms with Crippen LogP contribution in [0.1, 0.15) is 38.7 Å². The average molecular weight is 406 g/mol. The molecule has 2 fully saturated rings. The second-order valence-corrected chi connectivity index (χ2v) is 8.09. The van der Waals surface area contributed by atoms with Crippen molar-refractivity contribution < 1.29 is 18.7 Å². The number of rotatable bonds is 7. The highest BCUT2D eigenvalue weighted by molar-refractivity contribution is 5.86. The lowest BCUT2D eigenvalue weighted by molar-refractivity contribution is -0.147. The Labute approximate surface area is 172 Å². The van der Waals surface area contributed by atoms with Crippen molar-refractivity contribution in [2.75, 3.05) is 46.4 Å². The summed E-state index contributed by atoms with van der Waals surface area (Å²) in [7, 11) is 1.54. The van der Waals surface area contributed by atoms with Crippen LogP contribution in [0.5, 0.6) is 5.75 Å². The number of likely N-dealkylation sites (N-methyl/N-ethyl adjacent to an activating group) is 1. The molecule has 3 rings (SSSR count). The first-order chi connectivity index (χ1) is 13.9. The Bertz CT molecular complexity index is 753. The number of ether oxygens (including phenoxy) is 1. The highest BCUT2D eigenvalue weighted by atomic mass is 19.1. The number of piperidine rings is 1. The van der Waals surface area contributed by atoms with E-state index in [2.05, 4.69) is 4.90 Å². The van der Waals surface area contributed by atoms with E-state index in [1.54, 1.807) is 24.1 Å². The highest BCUT2D eigenvalue weighted by Gasteiger charge is 2.49. The number of amides is 2. The predicted molar refractivity (Wildman–Crippen MR) is 109 cm³/mol. The number of hydrogen-bond acceptors (Lipinski definition) is 4. The maximum Gasteiger partial charge on any atom is 0.236 e. The van der Waals surface area contributed by atoms with Crippen LogP contribution in [0.25, 0.3) is 0 Å². The van der Waals surface area contributed by atoms with E-state index in [0.717, 1.165) is 25.9 Å². The average Bonchev–Trinajstić information content (AvgIpc) is 3.16. The Morgan fingerprint density at radius 3 is 2.69 bits per heavy atom. The molecule has 0 bridgehead atoms. The lowest BCUT2D eigenvalue weighted by atomic mass is 9.78. The smallest absolute Gasteiger partial charge is 0.236 e. The molecule has 6 nitrogen and oxygen atoms in total. The Morgan fingerprint density at radius 1 is 1.24 bits per heavy atom. The summed E-state index contributed by atoms with van der Waals surface area (Å²) in [5.74, 6) is 0.383. The molecule has 1 unspecified atom stereocenters. The Kier molecular flexibility index (Phi) is 6.77. The molecule has 1 aromatic rings. The molecule has 7 heteroatoms. The van der Waals surface area contributed by atoms with Gasteiger partial charge >= 0.3 is 0 Å². The summed E-state index contributed by atoms with van der Waals surface area (Å²) in [4.78, 5) is 31.7. The molecule has 1 aromatic carbocycles. The molecule has 0 saturated carbocycles. The predicted octanol–water partition coefficient (Wildman–Crippen LogP) is 2.52. The van der Waals surface area contributed by atoms with Gasteiger partial charge < -0.3 is 14.5 Å². The quantitative estimate of drug-likeness (QED) is 0.700. The third kappa shape index (κ3) is 4.55. The molecule has 1 atom stereocenters. The standard InChI is InChI=1S/C22H32FN3O3/c1-4-24(5-2)15-20(27)26-12-10-22(16-26)9-6-11-25(21(22)28)14-17-13-18(29-3)7-8-19(17)23/h7-8,13H,4-6,9-12,14-16H2,1-3H3. The van der Waals surface area contributed by atoms with Crippen molar-refractivity contribution in [3.05, 3.63) is 29.6 Å². The minimum atomic E-state index is -0.521. The van der Waals surface area contributed by atoms with Crippen LogP contribution in [-0.4, -0.2) is 72.9 Å². The van der Waals surface area contributed by atoms with E-state index < -0.39 is 5.41 Å². The summed E-state index contributed by atoms with van der Waals surface area (Å²) in [6.07, 6.45) is 2.35. The van der Waals surface area contributed by atoms with E-state index in [0.29, 0.717) is 43.9 Å². The molecule has 0 aliphatic carbocycles. The van der Waals surface area contributed by atoms with Crippen molar-refractivity contribution in [3.63, 3.8) is 0 Å². The molecule has 0 aromatic heterocycles. The molecule has 2 aliphatic heterocycles. The summed E-state index contributed by atoms with van der Waals surface area (Å²) in [5.41, 5.74) is -0.0609. The van der Waals surface area contributed by atoms with Crippen LogP contribution in [0.15, 0.2) is 18.2 Å². The fraction of sp³-hybridized carbons (Fsp3) is 0.636. The number of methoxy groups -OCH3 is 1. The van der Waals surface area contributed by atoms with Gasteiger partial charge in [-0.1, -0.05) is 13.8 Å². The molecule has 0 N–H and O–H groups in total. The van der Waals surface area contributed by atoms with E-state index in [1.807, 2.05) is 18.7 Å². The monoisotopic (exact) mass is 405 g/mol. The van der Waals surface area contributed by atoms with Crippen LogP contribution in [0.3, 0.4) is 0 Å². The van der Waals surface area contributed by atoms with Crippen molar-refractivity contribution in [2.45, 2.75) is 39.7 Å². The topological polar surface area (TPSA) is 53.1 Å². The minimum Gasteiger partial charge on any atom is -0.497 e. The molecule has 29 heavy (non-hydrogen) atoms. The normalized spacial score (nSPS) is 22.0. The van der Waals surface area contributed by atoms with Gasteiger partial charge in [0.05, 0.1) is 19.1 Å². The number of halogens is 1. The summed E-state index contributed by atoms with van der Waals surface area (Å²) in [6, 6.07) is 4.61. The number of hydrogen-bond donors (Lipinski definition) is 0. The Balaban J connectivity index is 1.69. The Hall–Kier alpha value is -2.15. The van der Waals surface area contributed by atoms with Gasteiger partial charge in [-0.25, -0.2) is 4.39 Å². The van der Waals surface area contributed by atoms with Gasteiger partial charge in [0, 0.05) is 31.7 Å². The van der Waals surface area contributed by atoms with Crippen molar-refractivity contribution in [1.82, 2.24) is 14.7 Å². The lowest BCUT2D eigenvalue weighted by Crippen LogP contribution is -2.50. The number of likely N-dealkylation sites (tertiary alicyclic amines) is 2. The SMILES string of the molecule is CCN(CC)CC(=O)N1CCC2(CCCN(Cc3cc(OC)ccc3F)C2=O)C1. The van der Waals surface area contributed by atoms with Gasteiger partial charge in [-0.15, -0.1) is 0 Å². The van der Waals surface area contributed by atoms with Crippen molar-refractivity contribution in [2.24, 2.45) is 5.41 Å². The second-order valence-electron chi connectivity index (χ2n) is 8.09. The van der Waals surface area contributed by atoms with Crippen molar-refractivity contribution in [1.29, 1.82) is 0 Å². The summed E-state index contributed by atoms with van der Waals surface area (Å²) in [6.45, 7) is 8.10. The van der Waals surface area contributed by atoms with Gasteiger partial charge in [-0.2, -0.15) is 0 Å². The van der Waals surface area contributed by atoms with Crippen LogP contribution in [0.4, 0.5) is 4.39 Å². The van der Waals surface area contributed by atoms with Gasteiger partial charge in [0.1, 0.15) is 11.6 Å². The van der Waals surface area contributed by atoms with Gasteiger partial charge in [-0.3, -0.25) is 14.5 Å². The van der Waals surface area contributed by atoms with Gasteiger partial charge in [0.15, 0.2) is 0 Å². The molecule has 2 heterocycles. The summed E-state index contributed by atoms with van der Waals surface area (Å²) in [5, 5.41) is 0. The zero-order valence-electron chi connectivity index (χ0n) is 17.7. The third-order valence-electron chi connectivity index (χ3n) is 6.40. The van der Waals surface area contributed by atoms with Crippen LogP contribution in [0.2, 0.25) is 0 Å². The van der Waals surface area contributed by atoms with Gasteiger partial charge in [0.2, 0.25) is 11.8 Å². The maximum atomic E-state index is 14.3. The van der Waals surface area contributed by atoms with Crippen LogP contribution in [-0.2, 0) is 16.1 Å². The molecule has 1 spiro atoms. The highest BCUT2D eigenvalue weighted by Crippen LogP contribution is 2.40.